The molecule has 1 aliphatic carbocycles. The summed E-state index contributed by atoms with van der Waals surface area (Å²) in [5, 5.41) is 4.87. The summed E-state index contributed by atoms with van der Waals surface area (Å²) in [5.41, 5.74) is 0.415. The first kappa shape index (κ1) is 14.2. The molecule has 1 saturated carbocycles. The molecular weight excluding hydrogens is 242 g/mol. The third-order valence-electron chi connectivity index (χ3n) is 4.22. The van der Waals surface area contributed by atoms with Gasteiger partial charge in [-0.25, -0.2) is 0 Å². The molecule has 104 valence electrons. The van der Waals surface area contributed by atoms with Crippen LogP contribution in [0.2, 0.25) is 0 Å². The van der Waals surface area contributed by atoms with Gasteiger partial charge >= 0.3 is 0 Å². The summed E-state index contributed by atoms with van der Waals surface area (Å²) in [6.07, 6.45) is 6.62. The second-order valence-electron chi connectivity index (χ2n) is 6.02. The largest absolute Gasteiger partial charge is 0.359 e. The maximum absolute atomic E-state index is 4.72. The lowest BCUT2D eigenvalue weighted by atomic mass is 10.0. The van der Waals surface area contributed by atoms with E-state index in [-0.39, 0.29) is 0 Å². The van der Waals surface area contributed by atoms with Gasteiger partial charge in [-0.2, -0.15) is 0 Å². The zero-order valence-corrected chi connectivity index (χ0v) is 12.9. The zero-order valence-electron chi connectivity index (χ0n) is 12.0. The molecule has 0 atom stereocenters. The van der Waals surface area contributed by atoms with Crippen molar-refractivity contribution in [2.24, 2.45) is 4.99 Å². The van der Waals surface area contributed by atoms with Gasteiger partial charge in [0.05, 0.1) is 0 Å². The fourth-order valence-corrected chi connectivity index (χ4v) is 3.92. The van der Waals surface area contributed by atoms with Crippen LogP contribution < -0.4 is 5.32 Å². The minimum Gasteiger partial charge on any atom is -0.359 e. The van der Waals surface area contributed by atoms with E-state index in [0.717, 1.165) is 19.5 Å². The first-order valence-corrected chi connectivity index (χ1v) is 8.26. The normalized spacial score (nSPS) is 24.6. The minimum absolute atomic E-state index is 0.415. The van der Waals surface area contributed by atoms with E-state index < -0.39 is 0 Å². The van der Waals surface area contributed by atoms with Crippen molar-refractivity contribution < 1.29 is 0 Å². The summed E-state index contributed by atoms with van der Waals surface area (Å²) >= 11 is 1.93. The summed E-state index contributed by atoms with van der Waals surface area (Å²) in [6.45, 7) is 6.58. The molecule has 0 unspecified atom stereocenters. The lowest BCUT2D eigenvalue weighted by Gasteiger charge is -2.22. The van der Waals surface area contributed by atoms with Crippen LogP contribution in [0, 0.1) is 0 Å². The Labute approximate surface area is 116 Å². The summed E-state index contributed by atoms with van der Waals surface area (Å²) < 4.78 is 0. The highest BCUT2D eigenvalue weighted by atomic mass is 32.2. The molecule has 3 nitrogen and oxygen atoms in total. The van der Waals surface area contributed by atoms with Gasteiger partial charge in [-0.3, -0.25) is 4.99 Å². The Hall–Kier alpha value is -0.220. The van der Waals surface area contributed by atoms with Crippen molar-refractivity contribution in [1.29, 1.82) is 0 Å². The van der Waals surface area contributed by atoms with Crippen LogP contribution >= 0.6 is 11.8 Å². The van der Waals surface area contributed by atoms with Gasteiger partial charge in [0.2, 0.25) is 0 Å². The minimum atomic E-state index is 0.415. The van der Waals surface area contributed by atoms with Gasteiger partial charge < -0.3 is 10.2 Å². The maximum atomic E-state index is 4.72. The van der Waals surface area contributed by atoms with Crippen molar-refractivity contribution in [2.75, 3.05) is 25.9 Å². The molecule has 0 bridgehead atoms. The maximum Gasteiger partial charge on any atom is 0.157 e. The smallest absolute Gasteiger partial charge is 0.157 e. The van der Waals surface area contributed by atoms with Gasteiger partial charge in [-0.05, 0) is 46.7 Å². The topological polar surface area (TPSA) is 27.6 Å². The average Bonchev–Trinajstić information content (AvgIpc) is 2.95. The van der Waals surface area contributed by atoms with Gasteiger partial charge in [-0.1, -0.05) is 24.6 Å². The number of hydrogen-bond donors (Lipinski definition) is 1. The summed E-state index contributed by atoms with van der Waals surface area (Å²) in [4.78, 5) is 7.10. The Bertz CT molecular complexity index is 295. The second kappa shape index (κ2) is 6.29. The van der Waals surface area contributed by atoms with Crippen LogP contribution in [-0.2, 0) is 0 Å². The molecule has 1 spiro atoms. The van der Waals surface area contributed by atoms with E-state index in [0.29, 0.717) is 11.6 Å². The summed E-state index contributed by atoms with van der Waals surface area (Å²) in [6, 6.07) is 0.637. The molecule has 0 aromatic rings. The molecule has 2 fully saturated rings. The van der Waals surface area contributed by atoms with E-state index in [2.05, 4.69) is 31.1 Å². The molecule has 0 radical (unpaired) electrons. The van der Waals surface area contributed by atoms with Gasteiger partial charge in [0.25, 0.3) is 0 Å². The first-order valence-electron chi connectivity index (χ1n) is 7.27. The monoisotopic (exact) mass is 269 g/mol. The molecule has 2 aliphatic rings. The van der Waals surface area contributed by atoms with Crippen LogP contribution in [0.4, 0.5) is 0 Å². The molecule has 1 N–H and O–H groups in total. The molecule has 0 amide bonds. The quantitative estimate of drug-likeness (QED) is 0.778. The van der Waals surface area contributed by atoms with Crippen molar-refractivity contribution in [2.45, 2.75) is 57.5 Å². The van der Waals surface area contributed by atoms with E-state index >= 15 is 0 Å². The number of hydrogen-bond acceptors (Lipinski definition) is 3. The van der Waals surface area contributed by atoms with Crippen LogP contribution in [0.3, 0.4) is 0 Å². The Morgan fingerprint density at radius 1 is 1.39 bits per heavy atom. The highest BCUT2D eigenvalue weighted by Gasteiger charge is 2.39. The SMILES string of the molecule is CC(C)N(C)CCCN=C1NC2(CCCC2)CS1. The van der Waals surface area contributed by atoms with Crippen LogP contribution in [0.5, 0.6) is 0 Å². The van der Waals surface area contributed by atoms with E-state index in [4.69, 9.17) is 4.99 Å². The van der Waals surface area contributed by atoms with Crippen LogP contribution in [0.25, 0.3) is 0 Å². The number of nitrogens with zero attached hydrogens (tertiary/aromatic N) is 2. The molecule has 1 heterocycles. The van der Waals surface area contributed by atoms with Crippen molar-refractivity contribution in [3.8, 4) is 0 Å². The Kier molecular flexibility index (Phi) is 4.96. The van der Waals surface area contributed by atoms with Crippen molar-refractivity contribution in [3.05, 3.63) is 0 Å². The third-order valence-corrected chi connectivity index (χ3v) is 5.43. The zero-order chi connectivity index (χ0) is 13.0. The lowest BCUT2D eigenvalue weighted by molar-refractivity contribution is 0.272. The van der Waals surface area contributed by atoms with E-state index in [1.54, 1.807) is 0 Å². The fraction of sp³-hybridized carbons (Fsp3) is 0.929. The van der Waals surface area contributed by atoms with Gasteiger partial charge in [0.15, 0.2) is 5.17 Å². The summed E-state index contributed by atoms with van der Waals surface area (Å²) in [7, 11) is 2.19. The van der Waals surface area contributed by atoms with E-state index in [1.165, 1.54) is 36.6 Å². The molecule has 2 rings (SSSR count). The average molecular weight is 269 g/mol. The predicted molar refractivity (Wildman–Crippen MR) is 81.5 cm³/mol. The fourth-order valence-electron chi connectivity index (χ4n) is 2.67. The second-order valence-corrected chi connectivity index (χ2v) is 6.98. The molecule has 1 aliphatic heterocycles. The molecule has 0 aromatic carbocycles. The molecule has 1 saturated heterocycles. The van der Waals surface area contributed by atoms with Crippen molar-refractivity contribution >= 4 is 16.9 Å². The Balaban J connectivity index is 1.68. The van der Waals surface area contributed by atoms with Gasteiger partial charge in [0.1, 0.15) is 0 Å². The number of nitrogens with one attached hydrogen (secondary N) is 1. The number of rotatable bonds is 5. The Morgan fingerprint density at radius 2 is 2.11 bits per heavy atom. The lowest BCUT2D eigenvalue weighted by Crippen LogP contribution is -2.40. The number of aliphatic imine (C=N–C) groups is 1. The summed E-state index contributed by atoms with van der Waals surface area (Å²) in [5.74, 6) is 1.23. The van der Waals surface area contributed by atoms with Crippen LogP contribution in [0.15, 0.2) is 4.99 Å². The highest BCUT2D eigenvalue weighted by molar-refractivity contribution is 8.14. The molecule has 0 aromatic heterocycles. The standard InChI is InChI=1S/C14H27N3S/c1-12(2)17(3)10-6-9-15-13-16-14(11-18-13)7-4-5-8-14/h12H,4-11H2,1-3H3,(H,15,16). The number of amidine groups is 1. The highest BCUT2D eigenvalue weighted by Crippen LogP contribution is 2.37. The third kappa shape index (κ3) is 3.64. The van der Waals surface area contributed by atoms with Crippen LogP contribution in [-0.4, -0.2) is 47.5 Å². The van der Waals surface area contributed by atoms with E-state index in [9.17, 15) is 0 Å². The van der Waals surface area contributed by atoms with Gasteiger partial charge in [-0.15, -0.1) is 0 Å². The Morgan fingerprint density at radius 3 is 2.78 bits per heavy atom. The van der Waals surface area contributed by atoms with Gasteiger partial charge in [0, 0.05) is 23.9 Å². The van der Waals surface area contributed by atoms with E-state index in [1.807, 2.05) is 11.8 Å². The molecule has 4 heteroatoms. The molecule has 18 heavy (non-hydrogen) atoms. The first-order chi connectivity index (χ1) is 8.61. The van der Waals surface area contributed by atoms with Crippen LogP contribution in [0.1, 0.15) is 46.0 Å². The number of thioether (sulfide) groups is 1. The molecular formula is C14H27N3S. The predicted octanol–water partition coefficient (Wildman–Crippen LogP) is 2.72. The van der Waals surface area contributed by atoms with Crippen molar-refractivity contribution in [1.82, 2.24) is 10.2 Å². The van der Waals surface area contributed by atoms with Crippen molar-refractivity contribution in [3.63, 3.8) is 0 Å².